The molecule has 0 saturated heterocycles. The molecule has 0 fully saturated rings. The van der Waals surface area contributed by atoms with E-state index in [0.717, 1.165) is 16.3 Å². The maximum atomic E-state index is 11.7. The van der Waals surface area contributed by atoms with Gasteiger partial charge in [0.1, 0.15) is 6.61 Å². The third-order valence-electron chi connectivity index (χ3n) is 2.85. The van der Waals surface area contributed by atoms with Crippen molar-refractivity contribution in [1.82, 2.24) is 0 Å². The van der Waals surface area contributed by atoms with Crippen molar-refractivity contribution in [2.75, 3.05) is 7.11 Å². The molecule has 0 N–H and O–H groups in total. The summed E-state index contributed by atoms with van der Waals surface area (Å²) < 4.78 is 9.77. The summed E-state index contributed by atoms with van der Waals surface area (Å²) >= 11 is 0. The van der Waals surface area contributed by atoms with E-state index in [1.54, 1.807) is 12.1 Å². The Morgan fingerprint density at radius 2 is 1.74 bits per heavy atom. The predicted molar refractivity (Wildman–Crippen MR) is 70.8 cm³/mol. The van der Waals surface area contributed by atoms with E-state index in [-0.39, 0.29) is 18.5 Å². The quantitative estimate of drug-likeness (QED) is 0.794. The molecular formula is C15H14O4. The summed E-state index contributed by atoms with van der Waals surface area (Å²) in [4.78, 5) is 22.6. The number of methoxy groups -OCH3 is 1. The maximum absolute atomic E-state index is 11.7. The van der Waals surface area contributed by atoms with Gasteiger partial charge in [-0.1, -0.05) is 30.3 Å². The summed E-state index contributed by atoms with van der Waals surface area (Å²) in [6, 6.07) is 10.9. The van der Waals surface area contributed by atoms with Crippen molar-refractivity contribution in [1.29, 1.82) is 0 Å². The van der Waals surface area contributed by atoms with E-state index in [4.69, 9.17) is 9.47 Å². The predicted octanol–water partition coefficient (Wildman–Crippen LogP) is 2.69. The van der Waals surface area contributed by atoms with Crippen LogP contribution in [0, 0.1) is 0 Å². The third kappa shape index (κ3) is 2.73. The summed E-state index contributed by atoms with van der Waals surface area (Å²) in [6.07, 6.45) is 0. The largest absolute Gasteiger partial charge is 0.465 e. The molecule has 0 bridgehead atoms. The van der Waals surface area contributed by atoms with Gasteiger partial charge in [-0.15, -0.1) is 0 Å². The first-order valence-corrected chi connectivity index (χ1v) is 5.86. The number of hydrogen-bond acceptors (Lipinski definition) is 4. The van der Waals surface area contributed by atoms with E-state index in [9.17, 15) is 9.59 Å². The molecule has 0 aliphatic rings. The van der Waals surface area contributed by atoms with Gasteiger partial charge < -0.3 is 9.47 Å². The molecule has 4 nitrogen and oxygen atoms in total. The van der Waals surface area contributed by atoms with Crippen LogP contribution in [0.25, 0.3) is 10.8 Å². The SMILES string of the molecule is COC(=O)c1ccc(COC(C)=O)c2ccccc12. The van der Waals surface area contributed by atoms with Gasteiger partial charge >= 0.3 is 11.9 Å². The smallest absolute Gasteiger partial charge is 0.338 e. The second-order valence-corrected chi connectivity index (χ2v) is 4.09. The summed E-state index contributed by atoms with van der Waals surface area (Å²) in [6.45, 7) is 1.56. The highest BCUT2D eigenvalue weighted by Crippen LogP contribution is 2.24. The Labute approximate surface area is 110 Å². The van der Waals surface area contributed by atoms with Gasteiger partial charge in [0.15, 0.2) is 0 Å². The van der Waals surface area contributed by atoms with Crippen molar-refractivity contribution >= 4 is 22.7 Å². The third-order valence-corrected chi connectivity index (χ3v) is 2.85. The van der Waals surface area contributed by atoms with Gasteiger partial charge in [0.25, 0.3) is 0 Å². The fraction of sp³-hybridized carbons (Fsp3) is 0.200. The van der Waals surface area contributed by atoms with Gasteiger partial charge in [0.2, 0.25) is 0 Å². The first kappa shape index (κ1) is 13.1. The molecular weight excluding hydrogens is 244 g/mol. The zero-order valence-corrected chi connectivity index (χ0v) is 10.8. The molecule has 0 aliphatic heterocycles. The minimum atomic E-state index is -0.379. The molecule has 4 heteroatoms. The van der Waals surface area contributed by atoms with Crippen molar-refractivity contribution in [2.45, 2.75) is 13.5 Å². The number of benzene rings is 2. The van der Waals surface area contributed by atoms with E-state index >= 15 is 0 Å². The van der Waals surface area contributed by atoms with Gasteiger partial charge in [-0.3, -0.25) is 4.79 Å². The molecule has 0 aliphatic carbocycles. The molecule has 98 valence electrons. The fourth-order valence-electron chi connectivity index (χ4n) is 1.95. The lowest BCUT2D eigenvalue weighted by molar-refractivity contribution is -0.142. The van der Waals surface area contributed by atoms with E-state index in [1.807, 2.05) is 24.3 Å². The molecule has 0 spiro atoms. The van der Waals surface area contributed by atoms with Crippen LogP contribution in [0.3, 0.4) is 0 Å². The number of esters is 2. The lowest BCUT2D eigenvalue weighted by Gasteiger charge is -2.10. The Hall–Kier alpha value is -2.36. The first-order valence-electron chi connectivity index (χ1n) is 5.86. The van der Waals surface area contributed by atoms with E-state index in [1.165, 1.54) is 14.0 Å². The number of ether oxygens (including phenoxy) is 2. The molecule has 19 heavy (non-hydrogen) atoms. The molecule has 0 atom stereocenters. The highest BCUT2D eigenvalue weighted by atomic mass is 16.5. The molecule has 0 aromatic heterocycles. The van der Waals surface area contributed by atoms with Crippen LogP contribution < -0.4 is 0 Å². The molecule has 2 aromatic rings. The molecule has 0 radical (unpaired) electrons. The Morgan fingerprint density at radius 3 is 2.37 bits per heavy atom. The molecule has 0 heterocycles. The van der Waals surface area contributed by atoms with Crippen LogP contribution in [0.1, 0.15) is 22.8 Å². The molecule has 0 amide bonds. The zero-order valence-electron chi connectivity index (χ0n) is 10.8. The van der Waals surface area contributed by atoms with Gasteiger partial charge in [0.05, 0.1) is 12.7 Å². The Morgan fingerprint density at radius 1 is 1.05 bits per heavy atom. The van der Waals surface area contributed by atoms with Crippen LogP contribution >= 0.6 is 0 Å². The minimum absolute atomic E-state index is 0.192. The summed E-state index contributed by atoms with van der Waals surface area (Å²) in [5.74, 6) is -0.712. The Bertz CT molecular complexity index is 631. The molecule has 2 rings (SSSR count). The number of carbonyl (C=O) groups is 2. The van der Waals surface area contributed by atoms with Gasteiger partial charge in [-0.2, -0.15) is 0 Å². The average molecular weight is 258 g/mol. The summed E-state index contributed by atoms with van der Waals surface area (Å²) in [7, 11) is 1.35. The zero-order chi connectivity index (χ0) is 13.8. The number of fused-ring (bicyclic) bond motifs is 1. The van der Waals surface area contributed by atoms with Gasteiger partial charge in [-0.05, 0) is 22.4 Å². The van der Waals surface area contributed by atoms with Gasteiger partial charge in [0, 0.05) is 6.92 Å². The lowest BCUT2D eigenvalue weighted by Crippen LogP contribution is -2.04. The Balaban J connectivity index is 2.51. The monoisotopic (exact) mass is 258 g/mol. The highest BCUT2D eigenvalue weighted by Gasteiger charge is 2.12. The lowest BCUT2D eigenvalue weighted by atomic mass is 10.00. The van der Waals surface area contributed by atoms with Crippen LogP contribution in [0.2, 0.25) is 0 Å². The van der Waals surface area contributed by atoms with Crippen LogP contribution in [0.15, 0.2) is 36.4 Å². The summed E-state index contributed by atoms with van der Waals surface area (Å²) in [5.41, 5.74) is 1.36. The standard InChI is InChI=1S/C15H14O4/c1-10(16)19-9-11-7-8-14(15(17)18-2)13-6-4-3-5-12(11)13/h3-8H,9H2,1-2H3. The number of hydrogen-bond donors (Lipinski definition) is 0. The summed E-state index contributed by atoms with van der Waals surface area (Å²) in [5, 5.41) is 1.67. The number of carbonyl (C=O) groups excluding carboxylic acids is 2. The molecule has 0 unspecified atom stereocenters. The van der Waals surface area contributed by atoms with E-state index in [2.05, 4.69) is 0 Å². The van der Waals surface area contributed by atoms with Crippen molar-refractivity contribution in [3.8, 4) is 0 Å². The molecule has 2 aromatic carbocycles. The van der Waals surface area contributed by atoms with Crippen LogP contribution in [-0.2, 0) is 20.9 Å². The molecule has 0 saturated carbocycles. The maximum Gasteiger partial charge on any atom is 0.338 e. The first-order chi connectivity index (χ1) is 9.13. The average Bonchev–Trinajstić information content (AvgIpc) is 2.43. The van der Waals surface area contributed by atoms with Crippen molar-refractivity contribution in [3.63, 3.8) is 0 Å². The fourth-order valence-corrected chi connectivity index (χ4v) is 1.95. The van der Waals surface area contributed by atoms with E-state index < -0.39 is 0 Å². The highest BCUT2D eigenvalue weighted by molar-refractivity contribution is 6.05. The van der Waals surface area contributed by atoms with Crippen molar-refractivity contribution in [3.05, 3.63) is 47.5 Å². The van der Waals surface area contributed by atoms with Crippen molar-refractivity contribution in [2.24, 2.45) is 0 Å². The Kier molecular flexibility index (Phi) is 3.80. The van der Waals surface area contributed by atoms with Crippen LogP contribution in [0.5, 0.6) is 0 Å². The van der Waals surface area contributed by atoms with Crippen LogP contribution in [-0.4, -0.2) is 19.0 Å². The van der Waals surface area contributed by atoms with Crippen LogP contribution in [0.4, 0.5) is 0 Å². The topological polar surface area (TPSA) is 52.6 Å². The second-order valence-electron chi connectivity index (χ2n) is 4.09. The van der Waals surface area contributed by atoms with Gasteiger partial charge in [-0.25, -0.2) is 4.79 Å². The minimum Gasteiger partial charge on any atom is -0.465 e. The van der Waals surface area contributed by atoms with Crippen molar-refractivity contribution < 1.29 is 19.1 Å². The second kappa shape index (κ2) is 5.52. The van der Waals surface area contributed by atoms with E-state index in [0.29, 0.717) is 5.56 Å². The number of rotatable bonds is 3. The normalized spacial score (nSPS) is 10.2.